The van der Waals surface area contributed by atoms with Crippen molar-refractivity contribution in [2.75, 3.05) is 18.9 Å². The molecule has 31 heavy (non-hydrogen) atoms. The van der Waals surface area contributed by atoms with Gasteiger partial charge in [0.25, 0.3) is 11.8 Å². The van der Waals surface area contributed by atoms with Crippen LogP contribution in [-0.4, -0.2) is 42.4 Å². The molecule has 0 bridgehead atoms. The van der Waals surface area contributed by atoms with E-state index in [1.165, 1.54) is 35.6 Å². The van der Waals surface area contributed by atoms with Crippen molar-refractivity contribution in [3.05, 3.63) is 58.1 Å². The SMILES string of the molecule is CCCCN(C)S(=O)(=O)c1ccc(C(=O)Nc2nnc(-c3cc(Cl)ccc3Cl)o2)cc1. The van der Waals surface area contributed by atoms with Gasteiger partial charge in [0, 0.05) is 24.2 Å². The molecule has 0 atom stereocenters. The van der Waals surface area contributed by atoms with E-state index in [2.05, 4.69) is 15.5 Å². The van der Waals surface area contributed by atoms with Crippen LogP contribution in [0.3, 0.4) is 0 Å². The van der Waals surface area contributed by atoms with Crippen molar-refractivity contribution >= 4 is 45.1 Å². The summed E-state index contributed by atoms with van der Waals surface area (Å²) in [4.78, 5) is 12.6. The molecule has 0 saturated heterocycles. The van der Waals surface area contributed by atoms with Crippen LogP contribution in [0.4, 0.5) is 6.01 Å². The van der Waals surface area contributed by atoms with Crippen molar-refractivity contribution in [3.63, 3.8) is 0 Å². The Kier molecular flexibility index (Phi) is 7.32. The maximum atomic E-state index is 12.6. The molecule has 1 heterocycles. The lowest BCUT2D eigenvalue weighted by atomic mass is 10.2. The summed E-state index contributed by atoms with van der Waals surface area (Å²) in [5.74, 6) is -0.435. The van der Waals surface area contributed by atoms with Gasteiger partial charge in [-0.3, -0.25) is 10.1 Å². The van der Waals surface area contributed by atoms with Crippen LogP contribution in [0.1, 0.15) is 30.1 Å². The number of sulfonamides is 1. The average Bonchev–Trinajstić information content (AvgIpc) is 3.21. The van der Waals surface area contributed by atoms with Gasteiger partial charge in [0.15, 0.2) is 0 Å². The summed E-state index contributed by atoms with van der Waals surface area (Å²) < 4.78 is 31.9. The van der Waals surface area contributed by atoms with Gasteiger partial charge in [0.1, 0.15) is 0 Å². The fourth-order valence-corrected chi connectivity index (χ4v) is 4.25. The topological polar surface area (TPSA) is 105 Å². The molecule has 0 aliphatic rings. The molecule has 0 saturated carbocycles. The summed E-state index contributed by atoms with van der Waals surface area (Å²) in [6.07, 6.45) is 1.66. The minimum atomic E-state index is -3.61. The number of anilines is 1. The molecular formula is C20H20Cl2N4O4S. The molecule has 1 N–H and O–H groups in total. The Hall–Kier alpha value is -2.46. The number of aromatic nitrogens is 2. The van der Waals surface area contributed by atoms with E-state index in [4.69, 9.17) is 27.6 Å². The molecule has 164 valence electrons. The number of nitrogens with one attached hydrogen (secondary N) is 1. The van der Waals surface area contributed by atoms with E-state index in [1.54, 1.807) is 18.2 Å². The second kappa shape index (κ2) is 9.78. The quantitative estimate of drug-likeness (QED) is 0.497. The lowest BCUT2D eigenvalue weighted by Crippen LogP contribution is -2.28. The highest BCUT2D eigenvalue weighted by molar-refractivity contribution is 7.89. The highest BCUT2D eigenvalue weighted by Gasteiger charge is 2.21. The van der Waals surface area contributed by atoms with Crippen molar-refractivity contribution in [1.82, 2.24) is 14.5 Å². The maximum Gasteiger partial charge on any atom is 0.322 e. The van der Waals surface area contributed by atoms with Gasteiger partial charge in [0.2, 0.25) is 10.0 Å². The summed E-state index contributed by atoms with van der Waals surface area (Å²) in [5.41, 5.74) is 0.666. The van der Waals surface area contributed by atoms with Crippen molar-refractivity contribution in [1.29, 1.82) is 0 Å². The summed E-state index contributed by atoms with van der Waals surface area (Å²) in [6, 6.07) is 10.3. The smallest absolute Gasteiger partial charge is 0.322 e. The molecule has 0 radical (unpaired) electrons. The van der Waals surface area contributed by atoms with Crippen molar-refractivity contribution in [2.24, 2.45) is 0 Å². The zero-order valence-corrected chi connectivity index (χ0v) is 19.1. The molecule has 0 unspecified atom stereocenters. The van der Waals surface area contributed by atoms with E-state index < -0.39 is 15.9 Å². The monoisotopic (exact) mass is 482 g/mol. The van der Waals surface area contributed by atoms with Crippen LogP contribution in [0.15, 0.2) is 51.8 Å². The van der Waals surface area contributed by atoms with E-state index in [9.17, 15) is 13.2 Å². The summed E-state index contributed by atoms with van der Waals surface area (Å²) in [5, 5.41) is 10.9. The first-order valence-electron chi connectivity index (χ1n) is 9.39. The first kappa shape index (κ1) is 23.2. The van der Waals surface area contributed by atoms with E-state index in [1.807, 2.05) is 6.92 Å². The third-order valence-electron chi connectivity index (χ3n) is 4.46. The van der Waals surface area contributed by atoms with Gasteiger partial charge in [-0.1, -0.05) is 41.6 Å². The molecule has 3 aromatic rings. The van der Waals surface area contributed by atoms with Gasteiger partial charge < -0.3 is 4.42 Å². The number of nitrogens with zero attached hydrogens (tertiary/aromatic N) is 3. The van der Waals surface area contributed by atoms with E-state index in [0.717, 1.165) is 12.8 Å². The molecule has 0 fully saturated rings. The highest BCUT2D eigenvalue weighted by atomic mass is 35.5. The molecule has 3 rings (SSSR count). The minimum Gasteiger partial charge on any atom is -0.403 e. The Morgan fingerprint density at radius 2 is 1.84 bits per heavy atom. The predicted octanol–water partition coefficient (Wildman–Crippen LogP) is 4.72. The van der Waals surface area contributed by atoms with E-state index >= 15 is 0 Å². The number of rotatable bonds is 8. The number of unbranched alkanes of at least 4 members (excludes halogenated alkanes) is 1. The molecule has 8 nitrogen and oxygen atoms in total. The zero-order chi connectivity index (χ0) is 22.6. The summed E-state index contributed by atoms with van der Waals surface area (Å²) >= 11 is 12.1. The number of benzene rings is 2. The van der Waals surface area contributed by atoms with Gasteiger partial charge in [0.05, 0.1) is 15.5 Å². The lowest BCUT2D eigenvalue weighted by Gasteiger charge is -2.16. The molecule has 0 aliphatic carbocycles. The largest absolute Gasteiger partial charge is 0.403 e. The van der Waals surface area contributed by atoms with Crippen LogP contribution in [0.25, 0.3) is 11.5 Å². The minimum absolute atomic E-state index is 0.0966. The molecule has 1 amide bonds. The van der Waals surface area contributed by atoms with Crippen LogP contribution in [0, 0.1) is 0 Å². The molecule has 2 aromatic carbocycles. The Labute approximate surface area is 190 Å². The maximum absolute atomic E-state index is 12.6. The lowest BCUT2D eigenvalue weighted by molar-refractivity contribution is 0.102. The third kappa shape index (κ3) is 5.43. The van der Waals surface area contributed by atoms with Crippen LogP contribution >= 0.6 is 23.2 Å². The number of hydrogen-bond acceptors (Lipinski definition) is 6. The van der Waals surface area contributed by atoms with E-state index in [-0.39, 0.29) is 22.4 Å². The summed E-state index contributed by atoms with van der Waals surface area (Å²) in [6.45, 7) is 2.42. The van der Waals surface area contributed by atoms with Crippen LogP contribution in [0.5, 0.6) is 0 Å². The molecular weight excluding hydrogens is 463 g/mol. The standard InChI is InChI=1S/C20H20Cl2N4O4S/c1-3-4-11-26(2)31(28,29)15-8-5-13(6-9-15)18(27)23-20-25-24-19(30-20)16-12-14(21)7-10-17(16)22/h5-10,12H,3-4,11H2,1-2H3,(H,23,25,27). The number of amides is 1. The van der Waals surface area contributed by atoms with Gasteiger partial charge in [-0.2, -0.15) is 0 Å². The number of carbonyl (C=O) groups is 1. The van der Waals surface area contributed by atoms with Crippen LogP contribution < -0.4 is 5.32 Å². The number of carbonyl (C=O) groups excluding carboxylic acids is 1. The van der Waals surface area contributed by atoms with Crippen molar-refractivity contribution in [3.8, 4) is 11.5 Å². The highest BCUT2D eigenvalue weighted by Crippen LogP contribution is 2.30. The fourth-order valence-electron chi connectivity index (χ4n) is 2.67. The fraction of sp³-hybridized carbons (Fsp3) is 0.250. The Morgan fingerprint density at radius 1 is 1.13 bits per heavy atom. The zero-order valence-electron chi connectivity index (χ0n) is 16.8. The normalized spacial score (nSPS) is 11.6. The first-order valence-corrected chi connectivity index (χ1v) is 11.6. The number of hydrogen-bond donors (Lipinski definition) is 1. The first-order chi connectivity index (χ1) is 14.7. The van der Waals surface area contributed by atoms with E-state index in [0.29, 0.717) is 22.2 Å². The van der Waals surface area contributed by atoms with Crippen molar-refractivity contribution in [2.45, 2.75) is 24.7 Å². The summed E-state index contributed by atoms with van der Waals surface area (Å²) in [7, 11) is -2.08. The average molecular weight is 483 g/mol. The van der Waals surface area contributed by atoms with Gasteiger partial charge >= 0.3 is 6.01 Å². The van der Waals surface area contributed by atoms with Gasteiger partial charge in [-0.25, -0.2) is 12.7 Å². The Bertz CT molecular complexity index is 1180. The second-order valence-electron chi connectivity index (χ2n) is 6.70. The Morgan fingerprint density at radius 3 is 2.52 bits per heavy atom. The molecule has 1 aromatic heterocycles. The molecule has 0 spiro atoms. The Balaban J connectivity index is 1.72. The second-order valence-corrected chi connectivity index (χ2v) is 9.58. The third-order valence-corrected chi connectivity index (χ3v) is 6.89. The van der Waals surface area contributed by atoms with Crippen LogP contribution in [0.2, 0.25) is 10.0 Å². The van der Waals surface area contributed by atoms with Crippen LogP contribution in [-0.2, 0) is 10.0 Å². The molecule has 0 aliphatic heterocycles. The predicted molar refractivity (Wildman–Crippen MR) is 119 cm³/mol. The number of halogens is 2. The van der Waals surface area contributed by atoms with Crippen molar-refractivity contribution < 1.29 is 17.6 Å². The van der Waals surface area contributed by atoms with Gasteiger partial charge in [-0.15, -0.1) is 5.10 Å². The molecule has 11 heteroatoms. The van der Waals surface area contributed by atoms with Gasteiger partial charge in [-0.05, 0) is 48.9 Å².